The maximum Gasteiger partial charge on any atom is 0.256 e. The van der Waals surface area contributed by atoms with Crippen molar-refractivity contribution in [2.45, 2.75) is 47.0 Å². The number of aliphatic imine (C=N–C) groups is 1. The molecule has 0 aliphatic heterocycles. The van der Waals surface area contributed by atoms with Crippen LogP contribution in [0.2, 0.25) is 0 Å². The third-order valence-electron chi connectivity index (χ3n) is 4.03. The molecular formula is C21H26N2O. The van der Waals surface area contributed by atoms with Crippen LogP contribution >= 0.6 is 0 Å². The second-order valence-corrected chi connectivity index (χ2v) is 7.22. The quantitative estimate of drug-likeness (QED) is 0.608. The molecule has 0 aliphatic rings. The highest BCUT2D eigenvalue weighted by Gasteiger charge is 2.14. The van der Waals surface area contributed by atoms with E-state index in [4.69, 9.17) is 0 Å². The Bertz CT molecular complexity index is 745. The lowest BCUT2D eigenvalue weighted by Gasteiger charge is -2.19. The molecule has 24 heavy (non-hydrogen) atoms. The number of para-hydroxylation sites is 1. The number of carbonyl (C=O) groups excluding carboxylic acids is 1. The molecule has 0 radical (unpaired) electrons. The van der Waals surface area contributed by atoms with Crippen LogP contribution in [0, 0.1) is 13.8 Å². The molecule has 0 fully saturated rings. The zero-order chi connectivity index (χ0) is 17.9. The predicted octanol–water partition coefficient (Wildman–Crippen LogP) is 5.08. The van der Waals surface area contributed by atoms with Crippen molar-refractivity contribution in [1.29, 1.82) is 0 Å². The first-order chi connectivity index (χ1) is 11.2. The van der Waals surface area contributed by atoms with Crippen LogP contribution in [-0.2, 0) is 5.41 Å². The van der Waals surface area contributed by atoms with Crippen LogP contribution in [0.4, 0.5) is 5.69 Å². The van der Waals surface area contributed by atoms with Gasteiger partial charge in [-0.25, -0.2) is 4.99 Å². The Labute approximate surface area is 144 Å². The van der Waals surface area contributed by atoms with Crippen molar-refractivity contribution >= 4 is 17.4 Å². The van der Waals surface area contributed by atoms with Crippen molar-refractivity contribution < 1.29 is 4.79 Å². The second kappa shape index (κ2) is 7.00. The van der Waals surface area contributed by atoms with Crippen molar-refractivity contribution in [1.82, 2.24) is 5.32 Å². The predicted molar refractivity (Wildman–Crippen MR) is 101 cm³/mol. The molecular weight excluding hydrogens is 296 g/mol. The van der Waals surface area contributed by atoms with Crippen LogP contribution in [0.3, 0.4) is 0 Å². The monoisotopic (exact) mass is 322 g/mol. The molecule has 0 bridgehead atoms. The van der Waals surface area contributed by atoms with Gasteiger partial charge in [-0.05, 0) is 55.0 Å². The second-order valence-electron chi connectivity index (χ2n) is 7.22. The van der Waals surface area contributed by atoms with Crippen molar-refractivity contribution in [3.8, 4) is 0 Å². The zero-order valence-electron chi connectivity index (χ0n) is 15.4. The Morgan fingerprint density at radius 1 is 0.958 bits per heavy atom. The van der Waals surface area contributed by atoms with E-state index in [0.717, 1.165) is 16.8 Å². The van der Waals surface area contributed by atoms with Gasteiger partial charge in [0, 0.05) is 5.56 Å². The zero-order valence-corrected chi connectivity index (χ0v) is 15.4. The summed E-state index contributed by atoms with van der Waals surface area (Å²) in [6.07, 6.45) is 0. The Morgan fingerprint density at radius 2 is 1.50 bits per heavy atom. The Morgan fingerprint density at radius 3 is 2.00 bits per heavy atom. The van der Waals surface area contributed by atoms with E-state index in [1.165, 1.54) is 5.56 Å². The maximum atomic E-state index is 12.4. The number of carbonyl (C=O) groups is 1. The number of amidine groups is 1. The van der Waals surface area contributed by atoms with Crippen molar-refractivity contribution in [3.05, 3.63) is 64.7 Å². The number of nitrogens with zero attached hydrogens (tertiary/aromatic N) is 1. The summed E-state index contributed by atoms with van der Waals surface area (Å²) in [7, 11) is 0. The summed E-state index contributed by atoms with van der Waals surface area (Å²) in [5.41, 5.74) is 5.03. The number of amides is 1. The van der Waals surface area contributed by atoms with Gasteiger partial charge in [0.15, 0.2) is 0 Å². The van der Waals surface area contributed by atoms with Gasteiger partial charge in [0.25, 0.3) is 5.91 Å². The minimum Gasteiger partial charge on any atom is -0.310 e. The van der Waals surface area contributed by atoms with E-state index < -0.39 is 0 Å². The van der Waals surface area contributed by atoms with E-state index in [9.17, 15) is 4.79 Å². The fraction of sp³-hybridized carbons (Fsp3) is 0.333. The summed E-state index contributed by atoms with van der Waals surface area (Å²) in [6.45, 7) is 12.3. The van der Waals surface area contributed by atoms with Crippen molar-refractivity contribution in [2.75, 3.05) is 0 Å². The van der Waals surface area contributed by atoms with Crippen LogP contribution in [0.5, 0.6) is 0 Å². The van der Waals surface area contributed by atoms with E-state index in [-0.39, 0.29) is 11.3 Å². The van der Waals surface area contributed by atoms with E-state index in [1.807, 2.05) is 63.2 Å². The van der Waals surface area contributed by atoms with Crippen molar-refractivity contribution in [3.63, 3.8) is 0 Å². The third kappa shape index (κ3) is 4.31. The molecule has 0 aliphatic carbocycles. The first kappa shape index (κ1) is 17.9. The third-order valence-corrected chi connectivity index (χ3v) is 4.03. The first-order valence-corrected chi connectivity index (χ1v) is 8.22. The van der Waals surface area contributed by atoms with E-state index >= 15 is 0 Å². The van der Waals surface area contributed by atoms with Gasteiger partial charge in [-0.1, -0.05) is 51.1 Å². The molecule has 0 unspecified atom stereocenters. The number of hydrogen-bond acceptors (Lipinski definition) is 2. The lowest BCUT2D eigenvalue weighted by atomic mass is 9.87. The van der Waals surface area contributed by atoms with Gasteiger partial charge in [0.2, 0.25) is 0 Å². The van der Waals surface area contributed by atoms with E-state index in [2.05, 4.69) is 31.1 Å². The lowest BCUT2D eigenvalue weighted by Crippen LogP contribution is -2.28. The molecule has 126 valence electrons. The maximum absolute atomic E-state index is 12.4. The number of aryl methyl sites for hydroxylation is 2. The molecule has 1 amide bonds. The van der Waals surface area contributed by atoms with Crippen LogP contribution in [-0.4, -0.2) is 11.7 Å². The Kier molecular flexibility index (Phi) is 5.23. The van der Waals surface area contributed by atoms with Gasteiger partial charge in [-0.3, -0.25) is 4.79 Å². The smallest absolute Gasteiger partial charge is 0.256 e. The fourth-order valence-electron chi connectivity index (χ4n) is 2.54. The average Bonchev–Trinajstić information content (AvgIpc) is 2.50. The summed E-state index contributed by atoms with van der Waals surface area (Å²) >= 11 is 0. The minimum atomic E-state index is -0.136. The van der Waals surface area contributed by atoms with Gasteiger partial charge < -0.3 is 5.32 Å². The molecule has 3 heteroatoms. The van der Waals surface area contributed by atoms with Gasteiger partial charge in [0.1, 0.15) is 5.84 Å². The molecule has 3 nitrogen and oxygen atoms in total. The van der Waals surface area contributed by atoms with E-state index in [1.54, 1.807) is 0 Å². The first-order valence-electron chi connectivity index (χ1n) is 8.22. The van der Waals surface area contributed by atoms with Crippen LogP contribution in [0.25, 0.3) is 0 Å². The number of rotatable bonds is 2. The molecule has 1 N–H and O–H groups in total. The number of hydrogen-bond donors (Lipinski definition) is 1. The number of benzene rings is 2. The van der Waals surface area contributed by atoms with Crippen LogP contribution < -0.4 is 5.32 Å². The highest BCUT2D eigenvalue weighted by molar-refractivity contribution is 6.06. The van der Waals surface area contributed by atoms with Gasteiger partial charge >= 0.3 is 0 Å². The van der Waals surface area contributed by atoms with Crippen LogP contribution in [0.1, 0.15) is 54.7 Å². The Balaban J connectivity index is 2.16. The molecule has 0 saturated carbocycles. The fourth-order valence-corrected chi connectivity index (χ4v) is 2.54. The molecule has 2 aromatic carbocycles. The summed E-state index contributed by atoms with van der Waals surface area (Å²) in [4.78, 5) is 16.9. The van der Waals surface area contributed by atoms with Gasteiger partial charge in [-0.15, -0.1) is 0 Å². The largest absolute Gasteiger partial charge is 0.310 e. The molecule has 0 saturated heterocycles. The summed E-state index contributed by atoms with van der Waals surface area (Å²) < 4.78 is 0. The van der Waals surface area contributed by atoms with Crippen molar-refractivity contribution in [2.24, 2.45) is 4.99 Å². The molecule has 0 heterocycles. The topological polar surface area (TPSA) is 41.5 Å². The standard InChI is InChI=1S/C21H26N2O/c1-14-8-7-9-15(2)19(14)22-16(3)23-20(24)17-10-12-18(13-11-17)21(4,5)6/h7-13H,1-6H3,(H,22,23,24). The average molecular weight is 322 g/mol. The molecule has 0 spiro atoms. The van der Waals surface area contributed by atoms with Gasteiger partial charge in [0.05, 0.1) is 5.69 Å². The minimum absolute atomic E-state index is 0.0781. The summed E-state index contributed by atoms with van der Waals surface area (Å²) in [5.74, 6) is 0.459. The molecule has 0 atom stereocenters. The number of nitrogens with one attached hydrogen (secondary N) is 1. The molecule has 2 rings (SSSR count). The van der Waals surface area contributed by atoms with E-state index in [0.29, 0.717) is 11.4 Å². The normalized spacial score (nSPS) is 12.2. The molecule has 0 aromatic heterocycles. The summed E-state index contributed by atoms with van der Waals surface area (Å²) in [5, 5.41) is 2.87. The summed E-state index contributed by atoms with van der Waals surface area (Å²) in [6, 6.07) is 13.8. The Hall–Kier alpha value is -2.42. The van der Waals surface area contributed by atoms with Gasteiger partial charge in [-0.2, -0.15) is 0 Å². The van der Waals surface area contributed by atoms with Crippen LogP contribution in [0.15, 0.2) is 47.5 Å². The highest BCUT2D eigenvalue weighted by Crippen LogP contribution is 2.23. The SMILES string of the molecule is CC(=Nc1c(C)cccc1C)NC(=O)c1ccc(C(C)(C)C)cc1. The lowest BCUT2D eigenvalue weighted by molar-refractivity contribution is 0.0977. The highest BCUT2D eigenvalue weighted by atomic mass is 16.1. The molecule has 2 aromatic rings.